The number of benzene rings is 1. The summed E-state index contributed by atoms with van der Waals surface area (Å²) in [6, 6.07) is 7.92. The van der Waals surface area contributed by atoms with E-state index in [0.29, 0.717) is 0 Å². The monoisotopic (exact) mass is 347 g/mol. The van der Waals surface area contributed by atoms with Gasteiger partial charge in [0.15, 0.2) is 0 Å². The van der Waals surface area contributed by atoms with E-state index in [1.165, 1.54) is 23.8 Å². The van der Waals surface area contributed by atoms with E-state index in [9.17, 15) is 13.9 Å². The average Bonchev–Trinajstić information content (AvgIpc) is 2.62. The molecule has 0 saturated carbocycles. The molecule has 0 unspecified atom stereocenters. The maximum absolute atomic E-state index is 13.8. The van der Waals surface area contributed by atoms with Crippen molar-refractivity contribution in [3.05, 3.63) is 65.5 Å². The minimum absolute atomic E-state index is 0.229. The van der Waals surface area contributed by atoms with Crippen molar-refractivity contribution >= 4 is 0 Å². The molecule has 3 rings (SSSR count). The molecular formula is C19H23F2N3O. The Morgan fingerprint density at radius 3 is 2.36 bits per heavy atom. The van der Waals surface area contributed by atoms with Gasteiger partial charge in [-0.3, -0.25) is 14.8 Å². The zero-order chi connectivity index (χ0) is 17.8. The van der Waals surface area contributed by atoms with Crippen LogP contribution >= 0.6 is 0 Å². The summed E-state index contributed by atoms with van der Waals surface area (Å²) >= 11 is 0. The zero-order valence-electron chi connectivity index (χ0n) is 14.3. The molecule has 2 atom stereocenters. The number of pyridine rings is 1. The lowest BCUT2D eigenvalue weighted by Crippen LogP contribution is -2.48. The summed E-state index contributed by atoms with van der Waals surface area (Å²) in [5.41, 5.74) is 0.929. The Morgan fingerprint density at radius 1 is 1.08 bits per heavy atom. The van der Waals surface area contributed by atoms with Gasteiger partial charge in [0.25, 0.3) is 0 Å². The molecule has 1 aromatic heterocycles. The Morgan fingerprint density at radius 2 is 1.76 bits per heavy atom. The van der Waals surface area contributed by atoms with Gasteiger partial charge in [0.05, 0.1) is 11.7 Å². The molecule has 2 heterocycles. The van der Waals surface area contributed by atoms with E-state index in [1.807, 2.05) is 17.2 Å². The van der Waals surface area contributed by atoms with E-state index >= 15 is 0 Å². The van der Waals surface area contributed by atoms with E-state index in [-0.39, 0.29) is 18.2 Å². The standard InChI is InChI=1S/C19H23F2N3O/c1-14(15-4-3-7-22-12-15)24-10-8-23(9-11-24)13-18(25)19-16(20)5-2-6-17(19)21/h2-7,12,14,18,25H,8-11,13H2,1H3/t14-,18-/m0/s1. The van der Waals surface area contributed by atoms with Gasteiger partial charge >= 0.3 is 0 Å². The van der Waals surface area contributed by atoms with Gasteiger partial charge in [-0.25, -0.2) is 8.78 Å². The van der Waals surface area contributed by atoms with Crippen LogP contribution in [0.15, 0.2) is 42.7 Å². The first-order valence-corrected chi connectivity index (χ1v) is 8.54. The number of hydrogen-bond donors (Lipinski definition) is 1. The number of piperazine rings is 1. The molecule has 0 aliphatic carbocycles. The molecular weight excluding hydrogens is 324 g/mol. The summed E-state index contributed by atoms with van der Waals surface area (Å²) in [6.45, 7) is 5.55. The van der Waals surface area contributed by atoms with E-state index in [1.54, 1.807) is 6.20 Å². The molecule has 0 spiro atoms. The van der Waals surface area contributed by atoms with Crippen LogP contribution in [0.5, 0.6) is 0 Å². The summed E-state index contributed by atoms with van der Waals surface area (Å²) in [5, 5.41) is 10.2. The number of nitrogens with zero attached hydrogens (tertiary/aromatic N) is 3. The first kappa shape index (κ1) is 17.9. The predicted octanol–water partition coefficient (Wildman–Crippen LogP) is 2.77. The third-order valence-corrected chi connectivity index (χ3v) is 4.89. The molecule has 4 nitrogen and oxygen atoms in total. The summed E-state index contributed by atoms with van der Waals surface area (Å²) in [7, 11) is 0. The van der Waals surface area contributed by atoms with Crippen molar-refractivity contribution in [1.29, 1.82) is 0 Å². The molecule has 1 aromatic carbocycles. The quantitative estimate of drug-likeness (QED) is 0.903. The second-order valence-corrected chi connectivity index (χ2v) is 6.45. The highest BCUT2D eigenvalue weighted by Gasteiger charge is 2.25. The maximum Gasteiger partial charge on any atom is 0.131 e. The lowest BCUT2D eigenvalue weighted by Gasteiger charge is -2.38. The van der Waals surface area contributed by atoms with Crippen molar-refractivity contribution in [2.24, 2.45) is 0 Å². The molecule has 6 heteroatoms. The molecule has 0 amide bonds. The van der Waals surface area contributed by atoms with Gasteiger partial charge in [-0.2, -0.15) is 0 Å². The molecule has 25 heavy (non-hydrogen) atoms. The highest BCUT2D eigenvalue weighted by molar-refractivity contribution is 5.22. The number of aliphatic hydroxyl groups excluding tert-OH is 1. The zero-order valence-corrected chi connectivity index (χ0v) is 14.3. The minimum Gasteiger partial charge on any atom is -0.387 e. The van der Waals surface area contributed by atoms with Crippen LogP contribution in [0.25, 0.3) is 0 Å². The molecule has 1 aliphatic heterocycles. The predicted molar refractivity (Wildman–Crippen MR) is 92.0 cm³/mol. The lowest BCUT2D eigenvalue weighted by molar-refractivity contribution is 0.0562. The van der Waals surface area contributed by atoms with E-state index in [0.717, 1.165) is 26.2 Å². The molecule has 0 bridgehead atoms. The lowest BCUT2D eigenvalue weighted by atomic mass is 10.1. The molecule has 0 radical (unpaired) electrons. The first-order valence-electron chi connectivity index (χ1n) is 8.54. The van der Waals surface area contributed by atoms with Gasteiger partial charge in [0, 0.05) is 51.2 Å². The van der Waals surface area contributed by atoms with Crippen LogP contribution in [-0.4, -0.2) is 52.6 Å². The molecule has 1 saturated heterocycles. The number of hydrogen-bond acceptors (Lipinski definition) is 4. The van der Waals surface area contributed by atoms with Gasteiger partial charge in [-0.05, 0) is 30.7 Å². The summed E-state index contributed by atoms with van der Waals surface area (Å²) in [4.78, 5) is 8.56. The topological polar surface area (TPSA) is 39.6 Å². The minimum atomic E-state index is -1.16. The fourth-order valence-electron chi connectivity index (χ4n) is 3.33. The summed E-state index contributed by atoms with van der Waals surface area (Å²) < 4.78 is 27.6. The average molecular weight is 347 g/mol. The molecule has 2 aromatic rings. The Kier molecular flexibility index (Phi) is 5.73. The maximum atomic E-state index is 13.8. The van der Waals surface area contributed by atoms with Crippen molar-refractivity contribution in [2.75, 3.05) is 32.7 Å². The van der Waals surface area contributed by atoms with Crippen LogP contribution in [0.3, 0.4) is 0 Å². The van der Waals surface area contributed by atoms with Crippen LogP contribution in [0.1, 0.15) is 30.2 Å². The van der Waals surface area contributed by atoms with Crippen molar-refractivity contribution in [3.8, 4) is 0 Å². The van der Waals surface area contributed by atoms with E-state index < -0.39 is 17.7 Å². The smallest absolute Gasteiger partial charge is 0.131 e. The Balaban J connectivity index is 1.56. The van der Waals surface area contributed by atoms with E-state index in [2.05, 4.69) is 22.9 Å². The van der Waals surface area contributed by atoms with Crippen molar-refractivity contribution < 1.29 is 13.9 Å². The van der Waals surface area contributed by atoms with Crippen LogP contribution in [0.2, 0.25) is 0 Å². The fraction of sp³-hybridized carbons (Fsp3) is 0.421. The van der Waals surface area contributed by atoms with Crippen LogP contribution in [-0.2, 0) is 0 Å². The van der Waals surface area contributed by atoms with Crippen LogP contribution in [0, 0.1) is 11.6 Å². The second-order valence-electron chi connectivity index (χ2n) is 6.45. The van der Waals surface area contributed by atoms with Gasteiger partial charge in [-0.15, -0.1) is 0 Å². The number of β-amino-alcohol motifs (C(OH)–C–C–N with tert-alkyl or cyclic N) is 1. The number of aliphatic hydroxyl groups is 1. The molecule has 1 N–H and O–H groups in total. The number of halogens is 2. The summed E-state index contributed by atoms with van der Waals surface area (Å²) in [6.07, 6.45) is 2.47. The number of aromatic nitrogens is 1. The Hall–Kier alpha value is -1.89. The highest BCUT2D eigenvalue weighted by atomic mass is 19.1. The summed E-state index contributed by atoms with van der Waals surface area (Å²) in [5.74, 6) is -1.40. The normalized spacial score (nSPS) is 18.9. The highest BCUT2D eigenvalue weighted by Crippen LogP contribution is 2.24. The van der Waals surface area contributed by atoms with Crippen LogP contribution < -0.4 is 0 Å². The van der Waals surface area contributed by atoms with E-state index in [4.69, 9.17) is 0 Å². The van der Waals surface area contributed by atoms with Gasteiger partial charge < -0.3 is 5.11 Å². The van der Waals surface area contributed by atoms with Crippen molar-refractivity contribution in [2.45, 2.75) is 19.1 Å². The van der Waals surface area contributed by atoms with Crippen molar-refractivity contribution in [3.63, 3.8) is 0 Å². The fourth-order valence-corrected chi connectivity index (χ4v) is 3.33. The number of rotatable bonds is 5. The van der Waals surface area contributed by atoms with Crippen LogP contribution in [0.4, 0.5) is 8.78 Å². The molecule has 134 valence electrons. The largest absolute Gasteiger partial charge is 0.387 e. The van der Waals surface area contributed by atoms with Gasteiger partial charge in [-0.1, -0.05) is 12.1 Å². The third kappa shape index (κ3) is 4.21. The van der Waals surface area contributed by atoms with Crippen molar-refractivity contribution in [1.82, 2.24) is 14.8 Å². The van der Waals surface area contributed by atoms with Gasteiger partial charge in [0.1, 0.15) is 11.6 Å². The molecule has 1 aliphatic rings. The SMILES string of the molecule is C[C@@H](c1cccnc1)N1CCN(C[C@H](O)c2c(F)cccc2F)CC1. The third-order valence-electron chi connectivity index (χ3n) is 4.89. The first-order chi connectivity index (χ1) is 12.1. The molecule has 1 fully saturated rings. The second kappa shape index (κ2) is 7.99. The van der Waals surface area contributed by atoms with Gasteiger partial charge in [0.2, 0.25) is 0 Å². The Labute approximate surface area is 146 Å². The Bertz CT molecular complexity index is 670.